The highest BCUT2D eigenvalue weighted by Crippen LogP contribution is 2.29. The van der Waals surface area contributed by atoms with Crippen LogP contribution in [0.15, 0.2) is 6.33 Å². The molecular weight excluding hydrogens is 400 g/mol. The number of unbranched alkanes of at least 4 members (excludes halogenated alkanes) is 1. The number of fused-ring (bicyclic) bond motifs is 1. The fourth-order valence-electron chi connectivity index (χ4n) is 3.58. The van der Waals surface area contributed by atoms with Gasteiger partial charge in [-0.25, -0.2) is 14.6 Å². The molecule has 1 atom stereocenters. The van der Waals surface area contributed by atoms with E-state index in [0.717, 1.165) is 48.4 Å². The van der Waals surface area contributed by atoms with Crippen LogP contribution in [0.4, 0.5) is 5.82 Å². The maximum absolute atomic E-state index is 12.4. The van der Waals surface area contributed by atoms with Gasteiger partial charge in [0.1, 0.15) is 12.1 Å². The molecule has 0 aromatic carbocycles. The molecule has 0 aliphatic carbocycles. The normalized spacial score (nSPS) is 16.2. The lowest BCUT2D eigenvalue weighted by Gasteiger charge is -2.34. The summed E-state index contributed by atoms with van der Waals surface area (Å²) >= 11 is 0. The van der Waals surface area contributed by atoms with Gasteiger partial charge in [0.2, 0.25) is 0 Å². The van der Waals surface area contributed by atoms with Crippen LogP contribution in [0.3, 0.4) is 0 Å². The van der Waals surface area contributed by atoms with Crippen molar-refractivity contribution in [1.82, 2.24) is 24.6 Å². The van der Waals surface area contributed by atoms with Crippen molar-refractivity contribution in [1.29, 1.82) is 0 Å². The monoisotopic (exact) mass is 434 g/mol. The second kappa shape index (κ2) is 11.6. The maximum Gasteiger partial charge on any atom is 0.290 e. The van der Waals surface area contributed by atoms with Gasteiger partial charge in [-0.2, -0.15) is 5.10 Å². The molecule has 172 valence electrons. The smallest absolute Gasteiger partial charge is 0.290 e. The Balaban J connectivity index is 0.00000107. The van der Waals surface area contributed by atoms with E-state index < -0.39 is 6.10 Å². The largest absolute Gasteiger partial charge is 0.483 e. The summed E-state index contributed by atoms with van der Waals surface area (Å²) < 4.78 is 7.74. The second-order valence-corrected chi connectivity index (χ2v) is 8.16. The molecule has 2 aromatic heterocycles. The predicted octanol–water partition coefficient (Wildman–Crippen LogP) is 1.82. The molecule has 1 unspecified atom stereocenters. The summed E-state index contributed by atoms with van der Waals surface area (Å²) in [7, 11) is 3.51. The van der Waals surface area contributed by atoms with Crippen LogP contribution in [0.2, 0.25) is 0 Å². The lowest BCUT2D eigenvalue weighted by atomic mass is 10.1. The highest BCUT2D eigenvalue weighted by Gasteiger charge is 2.30. The zero-order chi connectivity index (χ0) is 23.0. The Labute approximate surface area is 183 Å². The maximum atomic E-state index is 12.4. The molecule has 10 heteroatoms. The predicted molar refractivity (Wildman–Crippen MR) is 118 cm³/mol. The standard InChI is InChI=1S/C20H32N6O2.CH2O2/c1-6-7-8-26-19-17(15(23-26)11-14(2)3)18(21-13-22-19)25-9-10-28-16(12-25)20(27)24(4)5;2-1-3/h13-14,16H,6-12H2,1-5H3;1H,(H,2,3). The molecule has 1 aliphatic rings. The van der Waals surface area contributed by atoms with Gasteiger partial charge in [-0.05, 0) is 18.8 Å². The van der Waals surface area contributed by atoms with Crippen LogP contribution in [-0.2, 0) is 27.3 Å². The second-order valence-electron chi connectivity index (χ2n) is 8.16. The van der Waals surface area contributed by atoms with Crippen molar-refractivity contribution in [3.8, 4) is 0 Å². The van der Waals surface area contributed by atoms with Gasteiger partial charge in [0, 0.05) is 27.2 Å². The van der Waals surface area contributed by atoms with E-state index in [1.165, 1.54) is 0 Å². The van der Waals surface area contributed by atoms with Crippen molar-refractivity contribution in [3.63, 3.8) is 0 Å². The minimum absolute atomic E-state index is 0.0176. The highest BCUT2D eigenvalue weighted by molar-refractivity contribution is 5.90. The summed E-state index contributed by atoms with van der Waals surface area (Å²) in [4.78, 5) is 33.7. The fraction of sp³-hybridized carbons (Fsp3) is 0.667. The summed E-state index contributed by atoms with van der Waals surface area (Å²) in [5.74, 6) is 1.33. The topological polar surface area (TPSA) is 114 Å². The number of ether oxygens (including phenoxy) is 1. The van der Waals surface area contributed by atoms with Crippen molar-refractivity contribution in [2.45, 2.75) is 52.7 Å². The van der Waals surface area contributed by atoms with Crippen molar-refractivity contribution in [2.24, 2.45) is 5.92 Å². The molecule has 0 bridgehead atoms. The molecule has 10 nitrogen and oxygen atoms in total. The number of amides is 1. The summed E-state index contributed by atoms with van der Waals surface area (Å²) in [6, 6.07) is 0. The van der Waals surface area contributed by atoms with Crippen LogP contribution in [0.5, 0.6) is 0 Å². The summed E-state index contributed by atoms with van der Waals surface area (Å²) in [6.07, 6.45) is 4.18. The molecule has 2 aromatic rings. The van der Waals surface area contributed by atoms with Crippen LogP contribution in [-0.4, -0.2) is 82.0 Å². The van der Waals surface area contributed by atoms with Crippen LogP contribution >= 0.6 is 0 Å². The summed E-state index contributed by atoms with van der Waals surface area (Å²) in [5, 5.41) is 12.8. The van der Waals surface area contributed by atoms with Crippen molar-refractivity contribution in [3.05, 3.63) is 12.0 Å². The van der Waals surface area contributed by atoms with E-state index >= 15 is 0 Å². The van der Waals surface area contributed by atoms with E-state index in [1.54, 1.807) is 25.3 Å². The molecule has 0 spiro atoms. The van der Waals surface area contributed by atoms with Gasteiger partial charge in [0.15, 0.2) is 11.8 Å². The number of anilines is 1. The number of carboxylic acid groups (broad SMARTS) is 1. The lowest BCUT2D eigenvalue weighted by molar-refractivity contribution is -0.141. The Morgan fingerprint density at radius 3 is 2.71 bits per heavy atom. The van der Waals surface area contributed by atoms with Gasteiger partial charge in [-0.15, -0.1) is 0 Å². The van der Waals surface area contributed by atoms with Crippen molar-refractivity contribution < 1.29 is 19.4 Å². The number of nitrogens with zero attached hydrogens (tertiary/aromatic N) is 6. The first-order valence-electron chi connectivity index (χ1n) is 10.7. The van der Waals surface area contributed by atoms with E-state index in [-0.39, 0.29) is 12.4 Å². The van der Waals surface area contributed by atoms with E-state index in [2.05, 4.69) is 35.6 Å². The van der Waals surface area contributed by atoms with Gasteiger partial charge < -0.3 is 19.6 Å². The molecule has 0 radical (unpaired) electrons. The van der Waals surface area contributed by atoms with E-state index in [1.807, 2.05) is 4.68 Å². The number of hydrogen-bond acceptors (Lipinski definition) is 7. The Kier molecular flexibility index (Phi) is 9.17. The van der Waals surface area contributed by atoms with Crippen LogP contribution in [0.1, 0.15) is 39.3 Å². The number of likely N-dealkylation sites (N-methyl/N-ethyl adjacent to an activating group) is 1. The lowest BCUT2D eigenvalue weighted by Crippen LogP contribution is -2.49. The third kappa shape index (κ3) is 6.13. The van der Waals surface area contributed by atoms with E-state index in [0.29, 0.717) is 25.6 Å². The summed E-state index contributed by atoms with van der Waals surface area (Å²) in [5.41, 5.74) is 1.93. The van der Waals surface area contributed by atoms with Crippen molar-refractivity contribution in [2.75, 3.05) is 38.7 Å². The number of aryl methyl sites for hydroxylation is 1. The number of carbonyl (C=O) groups is 2. The Morgan fingerprint density at radius 1 is 1.39 bits per heavy atom. The molecular formula is C21H34N6O4. The number of carbonyl (C=O) groups excluding carboxylic acids is 1. The van der Waals surface area contributed by atoms with Crippen LogP contribution in [0, 0.1) is 5.92 Å². The van der Waals surface area contributed by atoms with Gasteiger partial charge >= 0.3 is 0 Å². The minimum atomic E-state index is -0.475. The number of aromatic nitrogens is 4. The number of morpholine rings is 1. The number of hydrogen-bond donors (Lipinski definition) is 1. The molecule has 31 heavy (non-hydrogen) atoms. The van der Waals surface area contributed by atoms with E-state index in [4.69, 9.17) is 19.7 Å². The number of rotatable bonds is 7. The van der Waals surface area contributed by atoms with Crippen molar-refractivity contribution >= 4 is 29.2 Å². The Bertz CT molecular complexity index is 867. The molecule has 1 amide bonds. The molecule has 1 N–H and O–H groups in total. The summed E-state index contributed by atoms with van der Waals surface area (Å²) in [6.45, 7) is 8.86. The molecule has 3 rings (SSSR count). The zero-order valence-corrected chi connectivity index (χ0v) is 19.1. The average Bonchev–Trinajstić information content (AvgIpc) is 3.09. The third-order valence-corrected chi connectivity index (χ3v) is 4.99. The molecule has 1 fully saturated rings. The first kappa shape index (κ1) is 24.5. The van der Waals surface area contributed by atoms with Gasteiger partial charge in [-0.3, -0.25) is 9.59 Å². The zero-order valence-electron chi connectivity index (χ0n) is 19.1. The first-order valence-corrected chi connectivity index (χ1v) is 10.7. The third-order valence-electron chi connectivity index (χ3n) is 4.99. The molecule has 1 saturated heterocycles. The Hall–Kier alpha value is -2.75. The SMILES string of the molecule is CCCCn1nc(CC(C)C)c2c(N3CCOC(C(=O)N(C)C)C3)ncnc21.O=CO. The highest BCUT2D eigenvalue weighted by atomic mass is 16.5. The van der Waals surface area contributed by atoms with Gasteiger partial charge in [0.05, 0.1) is 24.2 Å². The molecule has 3 heterocycles. The quantitative estimate of drug-likeness (QED) is 0.657. The Morgan fingerprint density at radius 2 is 2.10 bits per heavy atom. The van der Waals surface area contributed by atoms with Gasteiger partial charge in [0.25, 0.3) is 12.4 Å². The molecule has 0 saturated carbocycles. The fourth-order valence-corrected chi connectivity index (χ4v) is 3.58. The average molecular weight is 435 g/mol. The van der Waals surface area contributed by atoms with Crippen LogP contribution in [0.25, 0.3) is 11.0 Å². The first-order chi connectivity index (χ1) is 14.8. The van der Waals surface area contributed by atoms with E-state index in [9.17, 15) is 4.79 Å². The molecule has 1 aliphatic heterocycles. The minimum Gasteiger partial charge on any atom is -0.483 e. The van der Waals surface area contributed by atoms with Crippen LogP contribution < -0.4 is 4.90 Å². The van der Waals surface area contributed by atoms with Gasteiger partial charge in [-0.1, -0.05) is 27.2 Å².